The third-order valence-electron chi connectivity index (χ3n) is 5.33. The van der Waals surface area contributed by atoms with Gasteiger partial charge in [0.15, 0.2) is 0 Å². The molecule has 37 heavy (non-hydrogen) atoms. The minimum absolute atomic E-state index is 0.0268. The Labute approximate surface area is 204 Å². The monoisotopic (exact) mass is 598 g/mol. The van der Waals surface area contributed by atoms with E-state index in [4.69, 9.17) is 0 Å². The van der Waals surface area contributed by atoms with Gasteiger partial charge >= 0.3 is 24.7 Å². The highest BCUT2D eigenvalue weighted by atomic mass is 32.2. The Morgan fingerprint density at radius 3 is 1.59 bits per heavy atom. The predicted molar refractivity (Wildman–Crippen MR) is 105 cm³/mol. The molecule has 0 saturated heterocycles. The average Bonchev–Trinajstić information content (AvgIpc) is 2.62. The maximum Gasteiger partial charge on any atom is 0.431 e. The van der Waals surface area contributed by atoms with Gasteiger partial charge in [0.05, 0.1) is 38.2 Å². The van der Waals surface area contributed by atoms with E-state index in [2.05, 4.69) is 4.72 Å². The van der Waals surface area contributed by atoms with E-state index in [1.54, 1.807) is 0 Å². The Hall–Kier alpha value is -1.08. The number of hydroxylamine groups is 3. The third kappa shape index (κ3) is 12.5. The summed E-state index contributed by atoms with van der Waals surface area (Å²) in [5, 5.41) is 11.4. The summed E-state index contributed by atoms with van der Waals surface area (Å²) in [5.74, 6) is -7.83. The zero-order valence-corrected chi connectivity index (χ0v) is 20.3. The molecule has 0 bridgehead atoms. The van der Waals surface area contributed by atoms with E-state index in [0.29, 0.717) is 0 Å². The van der Waals surface area contributed by atoms with Gasteiger partial charge in [-0.25, -0.2) is 17.5 Å². The van der Waals surface area contributed by atoms with Crippen molar-refractivity contribution in [2.45, 2.75) is 68.9 Å². The maximum atomic E-state index is 13.8. The molecule has 0 aliphatic rings. The van der Waals surface area contributed by atoms with Crippen LogP contribution in [0.1, 0.15) is 38.5 Å². The smallest absolute Gasteiger partial charge is 0.431 e. The second-order valence-corrected chi connectivity index (χ2v) is 11.0. The van der Waals surface area contributed by atoms with E-state index in [9.17, 15) is 70.7 Å². The molecule has 5 nitrogen and oxygen atoms in total. The summed E-state index contributed by atoms with van der Waals surface area (Å²) in [6.07, 6.45) is -33.4. The molecular weight excluding hydrogens is 571 g/mol. The fourth-order valence-electron chi connectivity index (χ4n) is 3.27. The molecule has 0 spiro atoms. The molecule has 2 unspecified atom stereocenters. The first-order valence-corrected chi connectivity index (χ1v) is 12.2. The standard InChI is InChI=1S/C18H27F13N2O3S/c1-33(2,34)8-5-7-32-37(35,36)9-4-3-6-12(15(20,21)22)10-13(16(23,24)25)11-14(19,17(26,27)28)18(29,30)31/h12-13,32H,3-11H2,1-2H3. The van der Waals surface area contributed by atoms with Crippen LogP contribution in [0.5, 0.6) is 0 Å². The molecule has 0 saturated carbocycles. The number of nitrogens with zero attached hydrogens (tertiary/aromatic N) is 1. The summed E-state index contributed by atoms with van der Waals surface area (Å²) in [6, 6.07) is 0. The lowest BCUT2D eigenvalue weighted by Crippen LogP contribution is -2.55. The van der Waals surface area contributed by atoms with E-state index in [1.165, 1.54) is 14.1 Å². The van der Waals surface area contributed by atoms with E-state index in [-0.39, 0.29) is 19.5 Å². The lowest BCUT2D eigenvalue weighted by Gasteiger charge is -2.35. The van der Waals surface area contributed by atoms with Crippen LogP contribution in [0.4, 0.5) is 57.1 Å². The van der Waals surface area contributed by atoms with Crippen LogP contribution < -0.4 is 4.72 Å². The Balaban J connectivity index is 5.37. The van der Waals surface area contributed by atoms with Crippen LogP contribution in [0.25, 0.3) is 0 Å². The van der Waals surface area contributed by atoms with Crippen molar-refractivity contribution < 1.29 is 70.1 Å². The number of hydrogen-bond acceptors (Lipinski definition) is 3. The molecule has 1 N–H and O–H groups in total. The third-order valence-corrected chi connectivity index (χ3v) is 6.80. The van der Waals surface area contributed by atoms with Gasteiger partial charge in [-0.15, -0.1) is 0 Å². The molecular formula is C18H27F13N2O3S. The van der Waals surface area contributed by atoms with E-state index < -0.39 is 94.7 Å². The van der Waals surface area contributed by atoms with E-state index >= 15 is 0 Å². The van der Waals surface area contributed by atoms with Crippen molar-refractivity contribution in [3.63, 3.8) is 0 Å². The van der Waals surface area contributed by atoms with Crippen LogP contribution >= 0.6 is 0 Å². The lowest BCUT2D eigenvalue weighted by molar-refractivity contribution is -0.840. The van der Waals surface area contributed by atoms with Crippen LogP contribution in [0, 0.1) is 17.0 Å². The highest BCUT2D eigenvalue weighted by molar-refractivity contribution is 7.89. The van der Waals surface area contributed by atoms with Crippen LogP contribution in [0.2, 0.25) is 0 Å². The van der Waals surface area contributed by atoms with Gasteiger partial charge in [0.1, 0.15) is 0 Å². The predicted octanol–water partition coefficient (Wildman–Crippen LogP) is 6.01. The molecule has 0 aromatic carbocycles. The Bertz CT molecular complexity index is 786. The molecule has 0 amide bonds. The summed E-state index contributed by atoms with van der Waals surface area (Å²) in [7, 11) is -1.48. The van der Waals surface area contributed by atoms with Gasteiger partial charge in [0, 0.05) is 19.4 Å². The number of alkyl halides is 13. The molecule has 224 valence electrons. The van der Waals surface area contributed by atoms with Gasteiger partial charge in [-0.05, 0) is 19.3 Å². The maximum absolute atomic E-state index is 13.8. The van der Waals surface area contributed by atoms with Crippen molar-refractivity contribution in [3.8, 4) is 0 Å². The number of rotatable bonds is 14. The summed E-state index contributed by atoms with van der Waals surface area (Å²) < 4.78 is 194. The van der Waals surface area contributed by atoms with Crippen molar-refractivity contribution in [2.24, 2.45) is 11.8 Å². The number of nitrogens with one attached hydrogen (secondary N) is 1. The van der Waals surface area contributed by atoms with Crippen LogP contribution in [0.15, 0.2) is 0 Å². The number of sulfonamides is 1. The van der Waals surface area contributed by atoms with Crippen molar-refractivity contribution in [3.05, 3.63) is 5.21 Å². The number of hydrogen-bond donors (Lipinski definition) is 1. The fraction of sp³-hybridized carbons (Fsp3) is 1.00. The fourth-order valence-corrected chi connectivity index (χ4v) is 4.45. The number of quaternary nitrogens is 1. The number of unbranched alkanes of at least 4 members (excludes halogenated alkanes) is 1. The Morgan fingerprint density at radius 2 is 1.22 bits per heavy atom. The largest absolute Gasteiger partial charge is 0.633 e. The Morgan fingerprint density at radius 1 is 0.757 bits per heavy atom. The zero-order chi connectivity index (χ0) is 29.7. The van der Waals surface area contributed by atoms with Gasteiger partial charge in [-0.3, -0.25) is 0 Å². The molecule has 0 aliphatic carbocycles. The van der Waals surface area contributed by atoms with Gasteiger partial charge in [0.25, 0.3) is 5.67 Å². The summed E-state index contributed by atoms with van der Waals surface area (Å²) >= 11 is 0. The van der Waals surface area contributed by atoms with Crippen molar-refractivity contribution in [2.75, 3.05) is 32.9 Å². The van der Waals surface area contributed by atoms with Gasteiger partial charge in [-0.2, -0.15) is 52.7 Å². The highest BCUT2D eigenvalue weighted by Gasteiger charge is 2.74. The summed E-state index contributed by atoms with van der Waals surface area (Å²) in [5.41, 5.74) is -6.41. The van der Waals surface area contributed by atoms with E-state index in [0.717, 1.165) is 0 Å². The van der Waals surface area contributed by atoms with Gasteiger partial charge in [0.2, 0.25) is 10.0 Å². The summed E-state index contributed by atoms with van der Waals surface area (Å²) in [4.78, 5) is 0. The highest BCUT2D eigenvalue weighted by Crippen LogP contribution is 2.53. The van der Waals surface area contributed by atoms with Crippen molar-refractivity contribution in [1.29, 1.82) is 0 Å². The quantitative estimate of drug-likeness (QED) is 0.115. The first-order valence-electron chi connectivity index (χ1n) is 10.6. The second-order valence-electron chi connectivity index (χ2n) is 9.07. The van der Waals surface area contributed by atoms with Crippen LogP contribution in [-0.4, -0.2) is 76.4 Å². The molecule has 0 aromatic rings. The summed E-state index contributed by atoms with van der Waals surface area (Å²) in [6.45, 7) is -0.160. The molecule has 0 aromatic heterocycles. The van der Waals surface area contributed by atoms with Crippen LogP contribution in [-0.2, 0) is 10.0 Å². The van der Waals surface area contributed by atoms with Crippen molar-refractivity contribution >= 4 is 10.0 Å². The zero-order valence-electron chi connectivity index (χ0n) is 19.5. The molecule has 19 heteroatoms. The average molecular weight is 598 g/mol. The minimum Gasteiger partial charge on any atom is -0.633 e. The van der Waals surface area contributed by atoms with Crippen LogP contribution in [0.3, 0.4) is 0 Å². The SMILES string of the molecule is C[N+](C)([O-])CCCNS(=O)(=O)CCCCC(CC(CC(F)(C(F)(F)F)C(F)(F)F)C(F)(F)F)C(F)(F)F. The van der Waals surface area contributed by atoms with Gasteiger partial charge < -0.3 is 9.85 Å². The second kappa shape index (κ2) is 12.4. The molecule has 0 aliphatic heterocycles. The number of halogens is 13. The normalized spacial score (nSPS) is 16.6. The molecule has 0 fully saturated rings. The van der Waals surface area contributed by atoms with Crippen molar-refractivity contribution in [1.82, 2.24) is 4.72 Å². The molecule has 0 radical (unpaired) electrons. The van der Waals surface area contributed by atoms with E-state index in [1.807, 2.05) is 0 Å². The lowest BCUT2D eigenvalue weighted by atomic mass is 9.82. The van der Waals surface area contributed by atoms with Gasteiger partial charge in [-0.1, -0.05) is 6.42 Å². The first kappa shape index (κ1) is 35.9. The Kier molecular flexibility index (Phi) is 12.0. The minimum atomic E-state index is -6.88. The molecule has 2 atom stereocenters. The molecule has 0 heterocycles. The molecule has 0 rings (SSSR count). The first-order chi connectivity index (χ1) is 16.1. The topological polar surface area (TPSA) is 69.2 Å².